The molecule has 360 valence electrons. The molecule has 0 saturated carbocycles. The zero-order chi connectivity index (χ0) is 49.4. The predicted molar refractivity (Wildman–Crippen MR) is 279 cm³/mol. The summed E-state index contributed by atoms with van der Waals surface area (Å²) in [7, 11) is 7.24. The summed E-state index contributed by atoms with van der Waals surface area (Å²) in [5.74, 6) is -0.408. The van der Waals surface area contributed by atoms with Crippen molar-refractivity contribution in [3.63, 3.8) is 0 Å². The van der Waals surface area contributed by atoms with E-state index in [0.29, 0.717) is 58.4 Å². The molecule has 4 aromatic heterocycles. The number of hydrogen-bond acceptors (Lipinski definition) is 7. The van der Waals surface area contributed by atoms with E-state index in [1.807, 2.05) is 157 Å². The summed E-state index contributed by atoms with van der Waals surface area (Å²) in [6, 6.07) is 41.4. The number of nitrogen functional groups attached to an aromatic ring is 1. The first kappa shape index (κ1) is 51.0. The van der Waals surface area contributed by atoms with Crippen molar-refractivity contribution in [1.82, 2.24) is 18.3 Å². The highest BCUT2D eigenvalue weighted by Gasteiger charge is 2.20. The predicted octanol–water partition coefficient (Wildman–Crippen LogP) is 10.8. The third-order valence-corrected chi connectivity index (χ3v) is 11.1. The lowest BCUT2D eigenvalue weighted by molar-refractivity contribution is 0.0635. The molecule has 14 nitrogen and oxygen atoms in total. The molecule has 0 saturated heterocycles. The summed E-state index contributed by atoms with van der Waals surface area (Å²) in [5, 5.41) is 8.40. The molecule has 8 rings (SSSR count). The first-order valence-corrected chi connectivity index (χ1v) is 22.3. The lowest BCUT2D eigenvalue weighted by Gasteiger charge is -2.19. The average molecular weight is 962 g/mol. The maximum atomic E-state index is 12.9. The Kier molecular flexibility index (Phi) is 16.2. The minimum Gasteiger partial charge on any atom is -0.444 e. The molecule has 0 fully saturated rings. The molecule has 8 aromatic rings. The van der Waals surface area contributed by atoms with Crippen LogP contribution in [0.25, 0.3) is 22.3 Å². The summed E-state index contributed by atoms with van der Waals surface area (Å²) in [6.45, 7) is 5.35. The van der Waals surface area contributed by atoms with Gasteiger partial charge in [-0.1, -0.05) is 84.9 Å². The molecule has 0 aliphatic carbocycles. The number of aryl methyl sites for hydroxylation is 4. The summed E-state index contributed by atoms with van der Waals surface area (Å²) >= 11 is 0. The molecule has 0 radical (unpaired) electrons. The molecule has 0 atom stereocenters. The van der Waals surface area contributed by atoms with Crippen LogP contribution in [0.4, 0.5) is 27.5 Å². The highest BCUT2D eigenvalue weighted by atomic mass is 35.5. The number of rotatable bonds is 13. The van der Waals surface area contributed by atoms with E-state index in [1.165, 1.54) is 0 Å². The van der Waals surface area contributed by atoms with E-state index in [9.17, 15) is 24.0 Å². The molecule has 70 heavy (non-hydrogen) atoms. The van der Waals surface area contributed by atoms with Crippen molar-refractivity contribution in [3.8, 4) is 22.3 Å². The SMILES string of the molecule is Cl.Cn1cc(-c2ccc(NC(=O)c3cc(N)cn3C)cc2)cc1C(=O)Cc1ccccc1.Cn1cc(-c2ccc(NC(=O)c3cc(NC(=O)OC(C)(C)C)cn3C)cc2)cc1C(=O)Cc1ccccc1. The minimum absolute atomic E-state index is 0. The number of Topliss-reactive ketones (excluding diaryl/α,β-unsaturated/α-hetero) is 2. The van der Waals surface area contributed by atoms with Crippen molar-refractivity contribution < 1.29 is 28.7 Å². The van der Waals surface area contributed by atoms with Crippen molar-refractivity contribution in [3.05, 3.63) is 192 Å². The highest BCUT2D eigenvalue weighted by Crippen LogP contribution is 2.27. The Labute approximate surface area is 413 Å². The number of nitrogens with zero attached hydrogens (tertiary/aromatic N) is 4. The van der Waals surface area contributed by atoms with Gasteiger partial charge in [-0.15, -0.1) is 12.4 Å². The standard InChI is InChI=1S/C30H32N4O4.C25H24N4O2.ClH/c1-30(2,3)38-29(37)32-24-17-26(34(5)19-24)28(36)31-23-13-11-21(12-14-23)22-16-25(33(4)18-22)27(35)15-20-9-7-6-8-10-20;1-28-15-19(13-22(28)24(30)12-17-6-4-3-5-7-17)18-8-10-21(11-9-18)27-25(31)23-14-20(26)16-29(23)2;/h6-14,16-19H,15H2,1-5H3,(H,31,36)(H,32,37);3-11,13-16H,12,26H2,1-2H3,(H,27,31);1H. The van der Waals surface area contributed by atoms with Crippen LogP contribution in [-0.4, -0.2) is 53.3 Å². The normalized spacial score (nSPS) is 10.8. The zero-order valence-electron chi connectivity index (χ0n) is 40.1. The third kappa shape index (κ3) is 13.2. The van der Waals surface area contributed by atoms with Crippen LogP contribution in [-0.2, 0) is 45.8 Å². The van der Waals surface area contributed by atoms with Crippen LogP contribution in [0.1, 0.15) is 73.9 Å². The monoisotopic (exact) mass is 960 g/mol. The van der Waals surface area contributed by atoms with Gasteiger partial charge in [0.15, 0.2) is 11.6 Å². The molecule has 0 spiro atoms. The van der Waals surface area contributed by atoms with Crippen LogP contribution in [0.2, 0.25) is 0 Å². The van der Waals surface area contributed by atoms with Crippen molar-refractivity contribution in [2.75, 3.05) is 21.7 Å². The Morgan fingerprint density at radius 1 is 0.471 bits per heavy atom. The highest BCUT2D eigenvalue weighted by molar-refractivity contribution is 6.05. The molecule has 15 heteroatoms. The summed E-state index contributed by atoms with van der Waals surface area (Å²) in [5.41, 5.74) is 15.4. The van der Waals surface area contributed by atoms with Crippen molar-refractivity contribution in [2.45, 2.75) is 39.2 Å². The molecule has 3 amide bonds. The quantitative estimate of drug-likeness (QED) is 0.0831. The number of carbonyl (C=O) groups is 5. The fraction of sp³-hybridized carbons (Fsp3) is 0.182. The lowest BCUT2D eigenvalue weighted by Crippen LogP contribution is -2.27. The molecular formula is C55H57ClN8O6. The number of nitrogens with two attached hydrogens (primary N) is 1. The fourth-order valence-electron chi connectivity index (χ4n) is 7.72. The number of nitrogens with one attached hydrogen (secondary N) is 3. The average Bonchev–Trinajstić information content (AvgIpc) is 4.08. The smallest absolute Gasteiger partial charge is 0.412 e. The number of carbonyl (C=O) groups excluding carboxylic acids is 5. The van der Waals surface area contributed by atoms with Gasteiger partial charge in [0.25, 0.3) is 11.8 Å². The lowest BCUT2D eigenvalue weighted by atomic mass is 10.1. The zero-order valence-corrected chi connectivity index (χ0v) is 41.0. The number of halogens is 1. The number of anilines is 4. The number of aromatic nitrogens is 4. The van der Waals surface area contributed by atoms with Gasteiger partial charge in [0, 0.05) is 88.3 Å². The van der Waals surface area contributed by atoms with E-state index in [0.717, 1.165) is 33.4 Å². The van der Waals surface area contributed by atoms with Gasteiger partial charge in [-0.3, -0.25) is 24.5 Å². The molecule has 4 aromatic carbocycles. The van der Waals surface area contributed by atoms with E-state index < -0.39 is 11.7 Å². The Balaban J connectivity index is 0.000000231. The fourth-order valence-corrected chi connectivity index (χ4v) is 7.72. The van der Waals surface area contributed by atoms with E-state index in [-0.39, 0.29) is 35.8 Å². The maximum absolute atomic E-state index is 12.9. The molecule has 5 N–H and O–H groups in total. The second kappa shape index (κ2) is 22.2. The van der Waals surface area contributed by atoms with Crippen LogP contribution in [0, 0.1) is 0 Å². The second-order valence-electron chi connectivity index (χ2n) is 17.8. The number of ketones is 2. The van der Waals surface area contributed by atoms with Crippen LogP contribution in [0.3, 0.4) is 0 Å². The topological polar surface area (TPSA) is 176 Å². The van der Waals surface area contributed by atoms with Gasteiger partial charge < -0.3 is 39.4 Å². The van der Waals surface area contributed by atoms with Crippen LogP contribution in [0.5, 0.6) is 0 Å². The summed E-state index contributed by atoms with van der Waals surface area (Å²) in [4.78, 5) is 62.9. The Bertz CT molecular complexity index is 3120. The van der Waals surface area contributed by atoms with Crippen LogP contribution < -0.4 is 21.7 Å². The molecule has 4 heterocycles. The Morgan fingerprint density at radius 3 is 1.27 bits per heavy atom. The molecule has 0 bridgehead atoms. The van der Waals surface area contributed by atoms with E-state index in [4.69, 9.17) is 10.5 Å². The van der Waals surface area contributed by atoms with Gasteiger partial charge in [0.05, 0.1) is 22.8 Å². The minimum atomic E-state index is -0.621. The number of benzene rings is 4. The third-order valence-electron chi connectivity index (χ3n) is 11.1. The number of ether oxygens (including phenoxy) is 1. The van der Waals surface area contributed by atoms with Crippen LogP contribution in [0.15, 0.2) is 158 Å². The molecular weight excluding hydrogens is 904 g/mol. The van der Waals surface area contributed by atoms with E-state index >= 15 is 0 Å². The first-order chi connectivity index (χ1) is 32.9. The van der Waals surface area contributed by atoms with Gasteiger partial charge in [0.2, 0.25) is 0 Å². The van der Waals surface area contributed by atoms with E-state index in [2.05, 4.69) is 16.0 Å². The molecule has 0 aliphatic rings. The molecule has 0 unspecified atom stereocenters. The maximum Gasteiger partial charge on any atom is 0.412 e. The van der Waals surface area contributed by atoms with Crippen molar-refractivity contribution >= 4 is 64.6 Å². The van der Waals surface area contributed by atoms with Gasteiger partial charge in [-0.25, -0.2) is 4.79 Å². The number of hydrogen-bond donors (Lipinski definition) is 4. The van der Waals surface area contributed by atoms with Gasteiger partial charge >= 0.3 is 6.09 Å². The first-order valence-electron chi connectivity index (χ1n) is 22.3. The summed E-state index contributed by atoms with van der Waals surface area (Å²) < 4.78 is 12.3. The largest absolute Gasteiger partial charge is 0.444 e. The van der Waals surface area contributed by atoms with Gasteiger partial charge in [-0.2, -0.15) is 0 Å². The van der Waals surface area contributed by atoms with Crippen molar-refractivity contribution in [2.24, 2.45) is 28.2 Å². The van der Waals surface area contributed by atoms with E-state index in [1.54, 1.807) is 68.5 Å². The van der Waals surface area contributed by atoms with Gasteiger partial charge in [0.1, 0.15) is 17.0 Å². The van der Waals surface area contributed by atoms with Crippen LogP contribution >= 0.6 is 12.4 Å². The van der Waals surface area contributed by atoms with Gasteiger partial charge in [-0.05, 0) is 91.6 Å². The second-order valence-corrected chi connectivity index (χ2v) is 17.8. The Morgan fingerprint density at radius 2 is 0.871 bits per heavy atom. The Hall–Kier alpha value is -8.36. The van der Waals surface area contributed by atoms with Crippen molar-refractivity contribution in [1.29, 1.82) is 0 Å². The summed E-state index contributed by atoms with van der Waals surface area (Å²) in [6.07, 6.45) is 7.34. The number of amides is 3. The molecule has 0 aliphatic heterocycles.